The highest BCUT2D eigenvalue weighted by Gasteiger charge is 2.38. The number of carbonyl (C=O) groups is 1. The molecule has 0 radical (unpaired) electrons. The van der Waals surface area contributed by atoms with E-state index in [0.717, 1.165) is 22.3 Å². The van der Waals surface area contributed by atoms with E-state index in [1.165, 1.54) is 0 Å². The fourth-order valence-electron chi connectivity index (χ4n) is 4.15. The highest BCUT2D eigenvalue weighted by molar-refractivity contribution is 6.01. The molecule has 36 heavy (non-hydrogen) atoms. The Morgan fingerprint density at radius 1 is 0.583 bits per heavy atom. The summed E-state index contributed by atoms with van der Waals surface area (Å²) >= 11 is 0. The molecule has 0 saturated carbocycles. The molecule has 0 spiro atoms. The third kappa shape index (κ3) is 7.70. The lowest BCUT2D eigenvalue weighted by atomic mass is 9.75. The zero-order chi connectivity index (χ0) is 28.1. The molecule has 0 heterocycles. The van der Waals surface area contributed by atoms with Crippen molar-refractivity contribution in [3.05, 3.63) is 69.8 Å². The Labute approximate surface area is 216 Å². The second kappa shape index (κ2) is 9.65. The molecule has 0 fully saturated rings. The van der Waals surface area contributed by atoms with Crippen molar-refractivity contribution in [3.63, 3.8) is 0 Å². The molecule has 2 aromatic rings. The van der Waals surface area contributed by atoms with Gasteiger partial charge in [-0.1, -0.05) is 107 Å². The van der Waals surface area contributed by atoms with Crippen molar-refractivity contribution in [3.8, 4) is 0 Å². The van der Waals surface area contributed by atoms with Gasteiger partial charge in [0, 0.05) is 5.56 Å². The van der Waals surface area contributed by atoms with Gasteiger partial charge in [0.15, 0.2) is 5.78 Å². The van der Waals surface area contributed by atoms with Crippen LogP contribution in [-0.4, -0.2) is 12.0 Å². The van der Waals surface area contributed by atoms with Crippen LogP contribution in [0.25, 0.3) is 0 Å². The standard InChI is InChI=1S/C32H45F3O/c1-28(2,3)22-13-20(14-23(17-22)29(4,5)6)26(19-32(33,34)35)27(36)21-15-24(30(7,8)9)18-25(16-21)31(10,11)12/h13-18,26H,19H2,1-12H3. The second-order valence-electron chi connectivity index (χ2n) is 14.4. The predicted octanol–water partition coefficient (Wildman–Crippen LogP) is 9.80. The van der Waals surface area contributed by atoms with Gasteiger partial charge in [0.05, 0.1) is 12.3 Å². The van der Waals surface area contributed by atoms with Crippen molar-refractivity contribution in [1.29, 1.82) is 0 Å². The number of rotatable bonds is 4. The van der Waals surface area contributed by atoms with Crippen LogP contribution in [0.5, 0.6) is 0 Å². The molecule has 0 N–H and O–H groups in total. The van der Waals surface area contributed by atoms with Crippen LogP contribution >= 0.6 is 0 Å². The Morgan fingerprint density at radius 3 is 1.17 bits per heavy atom. The number of carbonyl (C=O) groups excluding carboxylic acids is 1. The minimum Gasteiger partial charge on any atom is -0.293 e. The first-order valence-electron chi connectivity index (χ1n) is 12.8. The minimum atomic E-state index is -4.48. The maximum absolute atomic E-state index is 14.0. The third-order valence-corrected chi connectivity index (χ3v) is 6.79. The van der Waals surface area contributed by atoms with Gasteiger partial charge < -0.3 is 0 Å². The lowest BCUT2D eigenvalue weighted by Crippen LogP contribution is -2.25. The molecule has 1 nitrogen and oxygen atoms in total. The molecule has 200 valence electrons. The molecular formula is C32H45F3O. The first-order chi connectivity index (χ1) is 15.9. The highest BCUT2D eigenvalue weighted by atomic mass is 19.4. The topological polar surface area (TPSA) is 17.1 Å². The molecule has 0 saturated heterocycles. The van der Waals surface area contributed by atoms with Gasteiger partial charge >= 0.3 is 6.18 Å². The average molecular weight is 503 g/mol. The maximum Gasteiger partial charge on any atom is 0.390 e. The van der Waals surface area contributed by atoms with Crippen molar-refractivity contribution in [2.24, 2.45) is 0 Å². The number of halogens is 3. The van der Waals surface area contributed by atoms with Gasteiger partial charge in [-0.05, 0) is 61.6 Å². The van der Waals surface area contributed by atoms with Gasteiger partial charge in [-0.2, -0.15) is 13.2 Å². The summed E-state index contributed by atoms with van der Waals surface area (Å²) in [7, 11) is 0. The first kappa shape index (κ1) is 30.1. The van der Waals surface area contributed by atoms with E-state index in [4.69, 9.17) is 0 Å². The Hall–Kier alpha value is -2.10. The van der Waals surface area contributed by atoms with Gasteiger partial charge in [0.25, 0.3) is 0 Å². The molecule has 4 heteroatoms. The summed E-state index contributed by atoms with van der Waals surface area (Å²) in [6.07, 6.45) is -5.66. The molecule has 2 rings (SSSR count). The number of Topliss-reactive ketones (excluding diaryl/α,β-unsaturated/α-hetero) is 1. The van der Waals surface area contributed by atoms with Gasteiger partial charge in [0.1, 0.15) is 0 Å². The molecule has 0 aromatic heterocycles. The third-order valence-electron chi connectivity index (χ3n) is 6.79. The van der Waals surface area contributed by atoms with Crippen LogP contribution < -0.4 is 0 Å². The highest BCUT2D eigenvalue weighted by Crippen LogP contribution is 2.39. The van der Waals surface area contributed by atoms with E-state index >= 15 is 0 Å². The molecule has 0 aliphatic rings. The van der Waals surface area contributed by atoms with Crippen LogP contribution in [0.2, 0.25) is 0 Å². The van der Waals surface area contributed by atoms with Gasteiger partial charge in [0.2, 0.25) is 0 Å². The van der Waals surface area contributed by atoms with E-state index < -0.39 is 24.3 Å². The van der Waals surface area contributed by atoms with Crippen LogP contribution in [0.1, 0.15) is 134 Å². The summed E-state index contributed by atoms with van der Waals surface area (Å²) in [5, 5.41) is 0. The van der Waals surface area contributed by atoms with E-state index in [1.807, 2.05) is 53.7 Å². The average Bonchev–Trinajstić information content (AvgIpc) is 2.67. The fourth-order valence-corrected chi connectivity index (χ4v) is 4.15. The van der Waals surface area contributed by atoms with Gasteiger partial charge in [-0.3, -0.25) is 4.79 Å². The summed E-state index contributed by atoms with van der Waals surface area (Å²) in [6, 6.07) is 11.3. The summed E-state index contributed by atoms with van der Waals surface area (Å²) < 4.78 is 41.8. The summed E-state index contributed by atoms with van der Waals surface area (Å²) in [5.41, 5.74) is 3.51. The van der Waals surface area contributed by atoms with Crippen molar-refractivity contribution >= 4 is 5.78 Å². The van der Waals surface area contributed by atoms with Crippen LogP contribution in [0.4, 0.5) is 13.2 Å². The van der Waals surface area contributed by atoms with E-state index in [-0.39, 0.29) is 21.7 Å². The van der Waals surface area contributed by atoms with Crippen molar-refractivity contribution in [2.45, 2.75) is 123 Å². The minimum absolute atomic E-state index is 0.249. The van der Waals surface area contributed by atoms with Gasteiger partial charge in [-0.15, -0.1) is 0 Å². The number of benzene rings is 2. The molecule has 0 aliphatic carbocycles. The largest absolute Gasteiger partial charge is 0.390 e. The molecular weight excluding hydrogens is 457 g/mol. The lowest BCUT2D eigenvalue weighted by molar-refractivity contribution is -0.136. The summed E-state index contributed by atoms with van der Waals surface area (Å²) in [5.74, 6) is -1.79. The summed E-state index contributed by atoms with van der Waals surface area (Å²) in [6.45, 7) is 24.6. The van der Waals surface area contributed by atoms with Crippen LogP contribution in [0.3, 0.4) is 0 Å². The molecule has 1 atom stereocenters. The number of ketones is 1. The zero-order valence-corrected chi connectivity index (χ0v) is 24.3. The SMILES string of the molecule is CC(C)(C)c1cc(C(=O)C(CC(F)(F)F)c2cc(C(C)(C)C)cc(C(C)(C)C)c2)cc(C(C)(C)C)c1. The van der Waals surface area contributed by atoms with Crippen LogP contribution in [0, 0.1) is 0 Å². The Morgan fingerprint density at radius 2 is 0.889 bits per heavy atom. The number of hydrogen-bond donors (Lipinski definition) is 0. The fraction of sp³-hybridized carbons (Fsp3) is 0.594. The first-order valence-corrected chi connectivity index (χ1v) is 12.8. The Balaban J connectivity index is 2.83. The monoisotopic (exact) mass is 502 g/mol. The molecule has 0 amide bonds. The predicted molar refractivity (Wildman–Crippen MR) is 145 cm³/mol. The van der Waals surface area contributed by atoms with Crippen molar-refractivity contribution in [2.75, 3.05) is 0 Å². The van der Waals surface area contributed by atoms with Crippen molar-refractivity contribution < 1.29 is 18.0 Å². The van der Waals surface area contributed by atoms with E-state index in [9.17, 15) is 18.0 Å². The van der Waals surface area contributed by atoms with E-state index in [0.29, 0.717) is 11.1 Å². The quantitative estimate of drug-likeness (QED) is 0.380. The number of hydrogen-bond acceptors (Lipinski definition) is 1. The Kier molecular flexibility index (Phi) is 8.08. The Bertz CT molecular complexity index is 1030. The van der Waals surface area contributed by atoms with Gasteiger partial charge in [-0.25, -0.2) is 0 Å². The van der Waals surface area contributed by atoms with Crippen LogP contribution in [-0.2, 0) is 21.7 Å². The molecule has 0 aliphatic heterocycles. The molecule has 2 aromatic carbocycles. The number of alkyl halides is 3. The second-order valence-corrected chi connectivity index (χ2v) is 14.4. The smallest absolute Gasteiger partial charge is 0.293 e. The van der Waals surface area contributed by atoms with E-state index in [2.05, 4.69) is 53.7 Å². The van der Waals surface area contributed by atoms with E-state index in [1.54, 1.807) is 12.1 Å². The summed E-state index contributed by atoms with van der Waals surface area (Å²) in [4.78, 5) is 14.0. The normalized spacial score (nSPS) is 14.6. The van der Waals surface area contributed by atoms with Crippen LogP contribution in [0.15, 0.2) is 36.4 Å². The zero-order valence-electron chi connectivity index (χ0n) is 24.3. The lowest BCUT2D eigenvalue weighted by Gasteiger charge is -2.29. The molecule has 0 bridgehead atoms. The molecule has 1 unspecified atom stereocenters. The maximum atomic E-state index is 14.0. The van der Waals surface area contributed by atoms with Crippen molar-refractivity contribution in [1.82, 2.24) is 0 Å².